The van der Waals surface area contributed by atoms with Crippen LogP contribution >= 0.6 is 11.6 Å². The number of anilines is 1. The van der Waals surface area contributed by atoms with Crippen molar-refractivity contribution in [2.75, 3.05) is 18.0 Å². The van der Waals surface area contributed by atoms with Crippen LogP contribution in [-0.2, 0) is 14.8 Å². The minimum Gasteiger partial charge on any atom is -0.462 e. The van der Waals surface area contributed by atoms with Gasteiger partial charge in [-0.3, -0.25) is 4.31 Å². The first kappa shape index (κ1) is 18.3. The van der Waals surface area contributed by atoms with Gasteiger partial charge >= 0.3 is 5.97 Å². The quantitative estimate of drug-likeness (QED) is 0.757. The van der Waals surface area contributed by atoms with Crippen molar-refractivity contribution < 1.29 is 17.9 Å². The molecule has 0 unspecified atom stereocenters. The van der Waals surface area contributed by atoms with Crippen LogP contribution in [0.15, 0.2) is 47.4 Å². The second-order valence-corrected chi connectivity index (χ2v) is 7.50. The van der Waals surface area contributed by atoms with Crippen LogP contribution in [0.25, 0.3) is 0 Å². The van der Waals surface area contributed by atoms with Gasteiger partial charge in [0.1, 0.15) is 0 Å². The normalized spacial score (nSPS) is 11.2. The Balaban J connectivity index is 2.46. The van der Waals surface area contributed by atoms with E-state index in [1.165, 1.54) is 31.3 Å². The number of halogens is 1. The van der Waals surface area contributed by atoms with Crippen LogP contribution in [0, 0.1) is 6.92 Å². The molecule has 0 saturated heterocycles. The predicted octanol–water partition coefficient (Wildman–Crippen LogP) is 3.65. The molecule has 0 saturated carbocycles. The molecule has 0 radical (unpaired) electrons. The van der Waals surface area contributed by atoms with Gasteiger partial charge in [-0.1, -0.05) is 17.7 Å². The summed E-state index contributed by atoms with van der Waals surface area (Å²) < 4.78 is 31.7. The number of rotatable bonds is 5. The summed E-state index contributed by atoms with van der Waals surface area (Å²) in [5.74, 6) is -0.478. The van der Waals surface area contributed by atoms with Gasteiger partial charge in [0.2, 0.25) is 0 Å². The molecule has 5 nitrogen and oxygen atoms in total. The van der Waals surface area contributed by atoms with Gasteiger partial charge in [-0.25, -0.2) is 13.2 Å². The highest BCUT2D eigenvalue weighted by atomic mass is 35.5. The van der Waals surface area contributed by atoms with Crippen molar-refractivity contribution in [2.45, 2.75) is 18.7 Å². The molecular formula is C17H18ClNO4S. The van der Waals surface area contributed by atoms with E-state index in [1.807, 2.05) is 0 Å². The fourth-order valence-corrected chi connectivity index (χ4v) is 3.67. The van der Waals surface area contributed by atoms with E-state index in [0.717, 1.165) is 4.31 Å². The first-order valence-electron chi connectivity index (χ1n) is 7.30. The second kappa shape index (κ2) is 7.23. The average Bonchev–Trinajstić information content (AvgIpc) is 2.55. The van der Waals surface area contributed by atoms with Gasteiger partial charge in [0.05, 0.1) is 22.8 Å². The Hall–Kier alpha value is -2.05. The van der Waals surface area contributed by atoms with Crippen LogP contribution in [0.4, 0.5) is 5.69 Å². The third kappa shape index (κ3) is 3.55. The summed E-state index contributed by atoms with van der Waals surface area (Å²) in [5.41, 5.74) is 1.29. The largest absolute Gasteiger partial charge is 0.462 e. The topological polar surface area (TPSA) is 63.7 Å². The fourth-order valence-electron chi connectivity index (χ4n) is 2.29. The van der Waals surface area contributed by atoms with Crippen molar-refractivity contribution in [1.82, 2.24) is 0 Å². The lowest BCUT2D eigenvalue weighted by Gasteiger charge is -2.22. The summed E-state index contributed by atoms with van der Waals surface area (Å²) in [6, 6.07) is 10.8. The molecule has 0 aromatic heterocycles. The highest BCUT2D eigenvalue weighted by molar-refractivity contribution is 7.92. The van der Waals surface area contributed by atoms with Gasteiger partial charge in [-0.2, -0.15) is 0 Å². The Morgan fingerprint density at radius 1 is 1.17 bits per heavy atom. The lowest BCUT2D eigenvalue weighted by molar-refractivity contribution is 0.0525. The number of carbonyl (C=O) groups is 1. The molecule has 0 N–H and O–H groups in total. The summed E-state index contributed by atoms with van der Waals surface area (Å²) >= 11 is 5.81. The predicted molar refractivity (Wildman–Crippen MR) is 94.2 cm³/mol. The Kier molecular flexibility index (Phi) is 5.51. The summed E-state index contributed by atoms with van der Waals surface area (Å²) in [6.07, 6.45) is 0. The van der Waals surface area contributed by atoms with E-state index in [4.69, 9.17) is 16.3 Å². The number of sulfonamides is 1. The maximum atomic E-state index is 12.8. The van der Waals surface area contributed by atoms with Gasteiger partial charge in [0.25, 0.3) is 10.0 Å². The Morgan fingerprint density at radius 3 is 2.38 bits per heavy atom. The zero-order chi connectivity index (χ0) is 17.9. The molecule has 2 aromatic carbocycles. The summed E-state index contributed by atoms with van der Waals surface area (Å²) in [5, 5.41) is 0.456. The number of hydrogen-bond acceptors (Lipinski definition) is 4. The molecule has 0 amide bonds. The van der Waals surface area contributed by atoms with Gasteiger partial charge in [0.15, 0.2) is 0 Å². The van der Waals surface area contributed by atoms with Crippen molar-refractivity contribution in [3.05, 3.63) is 58.6 Å². The molecule has 128 valence electrons. The van der Waals surface area contributed by atoms with Crippen molar-refractivity contribution in [1.29, 1.82) is 0 Å². The third-order valence-corrected chi connectivity index (χ3v) is 5.65. The molecule has 0 spiro atoms. The molecule has 0 fully saturated rings. The highest BCUT2D eigenvalue weighted by Crippen LogP contribution is 2.28. The third-order valence-electron chi connectivity index (χ3n) is 3.61. The van der Waals surface area contributed by atoms with E-state index >= 15 is 0 Å². The summed E-state index contributed by atoms with van der Waals surface area (Å²) in [4.78, 5) is 12.1. The fraction of sp³-hybridized carbons (Fsp3) is 0.235. The molecule has 0 heterocycles. The lowest BCUT2D eigenvalue weighted by Crippen LogP contribution is -2.27. The molecule has 2 rings (SSSR count). The van der Waals surface area contributed by atoms with E-state index in [9.17, 15) is 13.2 Å². The number of ether oxygens (including phenoxy) is 1. The SMILES string of the molecule is CCOC(=O)c1cccc(N(C)S(=O)(=O)c2ccc(Cl)cc2)c1C. The van der Waals surface area contributed by atoms with Crippen LogP contribution in [0.5, 0.6) is 0 Å². The maximum absolute atomic E-state index is 12.8. The van der Waals surface area contributed by atoms with Crippen LogP contribution in [0.2, 0.25) is 5.02 Å². The summed E-state index contributed by atoms with van der Waals surface area (Å²) in [6.45, 7) is 3.66. The highest BCUT2D eigenvalue weighted by Gasteiger charge is 2.24. The molecule has 0 aliphatic carbocycles. The van der Waals surface area contributed by atoms with Crippen LogP contribution in [-0.4, -0.2) is 28.0 Å². The molecule has 7 heteroatoms. The molecule has 0 atom stereocenters. The maximum Gasteiger partial charge on any atom is 0.338 e. The lowest BCUT2D eigenvalue weighted by atomic mass is 10.1. The minimum absolute atomic E-state index is 0.121. The molecule has 0 aliphatic heterocycles. The Bertz CT molecular complexity index is 847. The molecular weight excluding hydrogens is 350 g/mol. The number of carbonyl (C=O) groups excluding carboxylic acids is 1. The van der Waals surface area contributed by atoms with E-state index in [1.54, 1.807) is 32.0 Å². The molecule has 24 heavy (non-hydrogen) atoms. The number of esters is 1. The first-order chi connectivity index (χ1) is 11.3. The van der Waals surface area contributed by atoms with E-state index in [0.29, 0.717) is 21.8 Å². The Morgan fingerprint density at radius 2 is 1.79 bits per heavy atom. The van der Waals surface area contributed by atoms with Crippen LogP contribution in [0.3, 0.4) is 0 Å². The van der Waals surface area contributed by atoms with Crippen molar-refractivity contribution >= 4 is 33.3 Å². The monoisotopic (exact) mass is 367 g/mol. The van der Waals surface area contributed by atoms with Crippen molar-refractivity contribution in [2.24, 2.45) is 0 Å². The average molecular weight is 368 g/mol. The van der Waals surface area contributed by atoms with Gasteiger partial charge in [-0.05, 0) is 55.8 Å². The van der Waals surface area contributed by atoms with E-state index in [2.05, 4.69) is 0 Å². The zero-order valence-electron chi connectivity index (χ0n) is 13.6. The minimum atomic E-state index is -3.76. The smallest absolute Gasteiger partial charge is 0.338 e. The van der Waals surface area contributed by atoms with Crippen LogP contribution < -0.4 is 4.31 Å². The number of hydrogen-bond donors (Lipinski definition) is 0. The van der Waals surface area contributed by atoms with Gasteiger partial charge < -0.3 is 4.74 Å². The second-order valence-electron chi connectivity index (χ2n) is 5.10. The van der Waals surface area contributed by atoms with Crippen molar-refractivity contribution in [3.63, 3.8) is 0 Å². The standard InChI is InChI=1S/C17H18ClNO4S/c1-4-23-17(20)15-6-5-7-16(12(15)2)19(3)24(21,22)14-10-8-13(18)9-11-14/h5-11H,4H2,1-3H3. The zero-order valence-corrected chi connectivity index (χ0v) is 15.2. The summed E-state index contributed by atoms with van der Waals surface area (Å²) in [7, 11) is -2.32. The first-order valence-corrected chi connectivity index (χ1v) is 9.12. The van der Waals surface area contributed by atoms with Crippen LogP contribution in [0.1, 0.15) is 22.8 Å². The molecule has 0 aliphatic rings. The van der Waals surface area contributed by atoms with E-state index in [-0.39, 0.29) is 11.5 Å². The van der Waals surface area contributed by atoms with Gasteiger partial charge in [-0.15, -0.1) is 0 Å². The van der Waals surface area contributed by atoms with Gasteiger partial charge in [0, 0.05) is 12.1 Å². The molecule has 2 aromatic rings. The number of benzene rings is 2. The van der Waals surface area contributed by atoms with Crippen molar-refractivity contribution in [3.8, 4) is 0 Å². The molecule has 0 bridgehead atoms. The number of nitrogens with zero attached hydrogens (tertiary/aromatic N) is 1. The Labute approximate surface area is 146 Å². The van der Waals surface area contributed by atoms with E-state index < -0.39 is 16.0 Å².